The summed E-state index contributed by atoms with van der Waals surface area (Å²) in [6.45, 7) is 4.13. The number of benzene rings is 1. The number of hydrogen-bond acceptors (Lipinski definition) is 3. The van der Waals surface area contributed by atoms with Gasteiger partial charge in [0.15, 0.2) is 0 Å². The normalized spacial score (nSPS) is 15.1. The Morgan fingerprint density at radius 1 is 1.33 bits per heavy atom. The fraction of sp³-hybridized carbons (Fsp3) is 0.429. The molecule has 0 saturated heterocycles. The highest BCUT2D eigenvalue weighted by Crippen LogP contribution is 2.42. The molecule has 2 aromatic rings. The molecular formula is C14H17N3O. The predicted molar refractivity (Wildman–Crippen MR) is 68.7 cm³/mol. The maximum Gasteiger partial charge on any atom is 0.112 e. The molecule has 18 heavy (non-hydrogen) atoms. The molecule has 0 unspecified atom stereocenters. The van der Waals surface area contributed by atoms with Gasteiger partial charge in [0.1, 0.15) is 5.69 Å². The van der Waals surface area contributed by atoms with E-state index in [0.717, 1.165) is 17.1 Å². The molecule has 1 aliphatic rings. The van der Waals surface area contributed by atoms with Gasteiger partial charge in [-0.2, -0.15) is 0 Å². The van der Waals surface area contributed by atoms with E-state index in [1.807, 2.05) is 4.68 Å². The molecule has 94 valence electrons. The quantitative estimate of drug-likeness (QED) is 0.899. The first kappa shape index (κ1) is 11.4. The number of aryl methyl sites for hydroxylation is 2. The minimum Gasteiger partial charge on any atom is -0.390 e. The molecule has 3 rings (SSSR count). The molecule has 1 fully saturated rings. The third kappa shape index (κ3) is 1.82. The highest BCUT2D eigenvalue weighted by Gasteiger charge is 2.31. The Bertz CT molecular complexity index is 585. The Morgan fingerprint density at radius 2 is 2.11 bits per heavy atom. The van der Waals surface area contributed by atoms with Gasteiger partial charge in [0.05, 0.1) is 18.0 Å². The van der Waals surface area contributed by atoms with Crippen LogP contribution in [0.1, 0.15) is 41.3 Å². The molecule has 1 aromatic heterocycles. The molecule has 0 spiro atoms. The molecule has 0 amide bonds. The van der Waals surface area contributed by atoms with E-state index >= 15 is 0 Å². The zero-order valence-corrected chi connectivity index (χ0v) is 10.7. The highest BCUT2D eigenvalue weighted by molar-refractivity contribution is 5.44. The Morgan fingerprint density at radius 3 is 2.72 bits per heavy atom. The maximum absolute atomic E-state index is 9.35. The molecule has 0 radical (unpaired) electrons. The first-order chi connectivity index (χ1) is 8.70. The Hall–Kier alpha value is -1.68. The van der Waals surface area contributed by atoms with Gasteiger partial charge in [-0.25, -0.2) is 4.68 Å². The topological polar surface area (TPSA) is 50.9 Å². The minimum absolute atomic E-state index is 0.0310. The van der Waals surface area contributed by atoms with Gasteiger partial charge < -0.3 is 5.11 Å². The fourth-order valence-corrected chi connectivity index (χ4v) is 2.42. The smallest absolute Gasteiger partial charge is 0.112 e. The third-order valence-corrected chi connectivity index (χ3v) is 3.47. The van der Waals surface area contributed by atoms with Crippen molar-refractivity contribution < 1.29 is 5.11 Å². The molecule has 1 N–H and O–H groups in total. The summed E-state index contributed by atoms with van der Waals surface area (Å²) >= 11 is 0. The van der Waals surface area contributed by atoms with Crippen LogP contribution >= 0.6 is 0 Å². The number of aromatic nitrogens is 3. The molecule has 4 nitrogen and oxygen atoms in total. The predicted octanol–water partition coefficient (Wildman–Crippen LogP) is 2.25. The van der Waals surface area contributed by atoms with Crippen molar-refractivity contribution in [3.05, 3.63) is 40.7 Å². The van der Waals surface area contributed by atoms with Crippen molar-refractivity contribution in [2.75, 3.05) is 0 Å². The van der Waals surface area contributed by atoms with Crippen LogP contribution < -0.4 is 0 Å². The number of nitrogens with zero attached hydrogens (tertiary/aromatic N) is 3. The lowest BCUT2D eigenvalue weighted by molar-refractivity contribution is 0.275. The van der Waals surface area contributed by atoms with Crippen molar-refractivity contribution in [3.8, 4) is 5.69 Å². The van der Waals surface area contributed by atoms with Crippen molar-refractivity contribution in [2.24, 2.45) is 0 Å². The van der Waals surface area contributed by atoms with Crippen LogP contribution in [0.2, 0.25) is 0 Å². The molecule has 1 aromatic carbocycles. The van der Waals surface area contributed by atoms with Crippen LogP contribution in [0.5, 0.6) is 0 Å². The summed E-state index contributed by atoms with van der Waals surface area (Å²) in [4.78, 5) is 0. The summed E-state index contributed by atoms with van der Waals surface area (Å²) in [6.07, 6.45) is 2.34. The van der Waals surface area contributed by atoms with Gasteiger partial charge in [0.25, 0.3) is 0 Å². The number of hydrogen-bond donors (Lipinski definition) is 1. The van der Waals surface area contributed by atoms with E-state index < -0.39 is 0 Å². The zero-order chi connectivity index (χ0) is 12.7. The van der Waals surface area contributed by atoms with Crippen LogP contribution in [0.4, 0.5) is 0 Å². The maximum atomic E-state index is 9.35. The van der Waals surface area contributed by atoms with Crippen LogP contribution in [0, 0.1) is 13.8 Å². The van der Waals surface area contributed by atoms with Crippen LogP contribution in [0.25, 0.3) is 5.69 Å². The van der Waals surface area contributed by atoms with E-state index in [0.29, 0.717) is 5.92 Å². The van der Waals surface area contributed by atoms with Crippen LogP contribution in [-0.2, 0) is 6.61 Å². The van der Waals surface area contributed by atoms with Gasteiger partial charge >= 0.3 is 0 Å². The van der Waals surface area contributed by atoms with Crippen LogP contribution in [0.15, 0.2) is 18.2 Å². The average Bonchev–Trinajstić information content (AvgIpc) is 3.09. The first-order valence-electron chi connectivity index (χ1n) is 6.33. The van der Waals surface area contributed by atoms with E-state index in [-0.39, 0.29) is 6.61 Å². The van der Waals surface area contributed by atoms with Crippen molar-refractivity contribution in [1.82, 2.24) is 15.0 Å². The third-order valence-electron chi connectivity index (χ3n) is 3.47. The van der Waals surface area contributed by atoms with Gasteiger partial charge in [-0.3, -0.25) is 0 Å². The highest BCUT2D eigenvalue weighted by atomic mass is 16.3. The lowest BCUT2D eigenvalue weighted by Crippen LogP contribution is -2.04. The van der Waals surface area contributed by atoms with Gasteiger partial charge in [0, 0.05) is 5.92 Å². The largest absolute Gasteiger partial charge is 0.390 e. The fourth-order valence-electron chi connectivity index (χ4n) is 2.42. The molecule has 0 atom stereocenters. The first-order valence-corrected chi connectivity index (χ1v) is 6.33. The molecule has 1 heterocycles. The number of aliphatic hydroxyl groups is 1. The van der Waals surface area contributed by atoms with Gasteiger partial charge in [-0.1, -0.05) is 22.9 Å². The lowest BCUT2D eigenvalue weighted by atomic mass is 10.1. The molecule has 4 heteroatoms. The lowest BCUT2D eigenvalue weighted by Gasteiger charge is -2.10. The van der Waals surface area contributed by atoms with Gasteiger partial charge in [-0.05, 0) is 38.3 Å². The summed E-state index contributed by atoms with van der Waals surface area (Å²) in [5.41, 5.74) is 5.30. The SMILES string of the molecule is Cc1ccc(-n2nnc(CO)c2C2CC2)c(C)c1. The van der Waals surface area contributed by atoms with Crippen molar-refractivity contribution in [3.63, 3.8) is 0 Å². The Balaban J connectivity index is 2.13. The monoisotopic (exact) mass is 243 g/mol. The van der Waals surface area contributed by atoms with E-state index in [1.54, 1.807) is 0 Å². The van der Waals surface area contributed by atoms with Gasteiger partial charge in [0.2, 0.25) is 0 Å². The Labute approximate surface area is 106 Å². The summed E-state index contributed by atoms with van der Waals surface area (Å²) in [5, 5.41) is 17.7. The molecule has 0 bridgehead atoms. The standard InChI is InChI=1S/C14H17N3O/c1-9-3-6-13(10(2)7-9)17-14(11-4-5-11)12(8-18)15-16-17/h3,6-7,11,18H,4-5,8H2,1-2H3. The van der Waals surface area contributed by atoms with Crippen LogP contribution in [0.3, 0.4) is 0 Å². The summed E-state index contributed by atoms with van der Waals surface area (Å²) < 4.78 is 1.90. The van der Waals surface area contributed by atoms with Crippen molar-refractivity contribution in [1.29, 1.82) is 0 Å². The van der Waals surface area contributed by atoms with E-state index in [4.69, 9.17) is 0 Å². The average molecular weight is 243 g/mol. The van der Waals surface area contributed by atoms with Gasteiger partial charge in [-0.15, -0.1) is 5.10 Å². The molecule has 1 saturated carbocycles. The second kappa shape index (κ2) is 4.21. The van der Waals surface area contributed by atoms with Crippen LogP contribution in [-0.4, -0.2) is 20.1 Å². The minimum atomic E-state index is -0.0310. The molecule has 0 aliphatic heterocycles. The second-order valence-corrected chi connectivity index (χ2v) is 5.06. The molecule has 1 aliphatic carbocycles. The number of aliphatic hydroxyl groups excluding tert-OH is 1. The zero-order valence-electron chi connectivity index (χ0n) is 10.7. The van der Waals surface area contributed by atoms with E-state index in [9.17, 15) is 5.11 Å². The summed E-state index contributed by atoms with van der Waals surface area (Å²) in [5.74, 6) is 0.517. The van der Waals surface area contributed by atoms with Crippen molar-refractivity contribution in [2.45, 2.75) is 39.2 Å². The van der Waals surface area contributed by atoms with Crippen molar-refractivity contribution >= 4 is 0 Å². The second-order valence-electron chi connectivity index (χ2n) is 5.06. The van der Waals surface area contributed by atoms with E-state index in [1.165, 1.54) is 24.0 Å². The summed E-state index contributed by atoms with van der Waals surface area (Å²) in [6, 6.07) is 6.30. The summed E-state index contributed by atoms with van der Waals surface area (Å²) in [7, 11) is 0. The number of rotatable bonds is 3. The van der Waals surface area contributed by atoms with E-state index in [2.05, 4.69) is 42.4 Å². The molecular weight excluding hydrogens is 226 g/mol. The Kier molecular flexibility index (Phi) is 2.67.